The molecule has 1 aromatic carbocycles. The zero-order valence-corrected chi connectivity index (χ0v) is 15.6. The fourth-order valence-corrected chi connectivity index (χ4v) is 2.97. The van der Waals surface area contributed by atoms with Crippen molar-refractivity contribution < 1.29 is 23.9 Å². The molecule has 0 aliphatic carbocycles. The molecular formula is C18H20N2O5S. The Morgan fingerprint density at radius 3 is 2.50 bits per heavy atom. The number of ether oxygens (including phenoxy) is 1. The number of anilines is 1. The number of imide groups is 1. The minimum atomic E-state index is -0.609. The number of benzene rings is 1. The molecule has 0 aromatic heterocycles. The number of hydrogen-bond acceptors (Lipinski definition) is 6. The van der Waals surface area contributed by atoms with Gasteiger partial charge >= 0.3 is 5.97 Å². The molecule has 8 heteroatoms. The van der Waals surface area contributed by atoms with Crippen LogP contribution in [-0.4, -0.2) is 40.6 Å². The minimum absolute atomic E-state index is 0.178. The monoisotopic (exact) mass is 376 g/mol. The summed E-state index contributed by atoms with van der Waals surface area (Å²) in [6.45, 7) is 4.64. The average molecular weight is 376 g/mol. The third-order valence-electron chi connectivity index (χ3n) is 3.60. The number of thioether (sulfide) groups is 1. The Morgan fingerprint density at radius 2 is 1.92 bits per heavy atom. The van der Waals surface area contributed by atoms with Crippen molar-refractivity contribution in [3.63, 3.8) is 0 Å². The summed E-state index contributed by atoms with van der Waals surface area (Å²) in [4.78, 5) is 48.3. The first-order valence-electron chi connectivity index (χ1n) is 8.12. The highest BCUT2D eigenvalue weighted by Gasteiger charge is 2.36. The van der Waals surface area contributed by atoms with Crippen molar-refractivity contribution >= 4 is 46.5 Å². The van der Waals surface area contributed by atoms with Crippen LogP contribution in [0.1, 0.15) is 32.8 Å². The Bertz CT molecular complexity index is 757. The van der Waals surface area contributed by atoms with Crippen LogP contribution < -0.4 is 5.32 Å². The quantitative estimate of drug-likeness (QED) is 0.606. The molecule has 1 N–H and O–H groups in total. The van der Waals surface area contributed by atoms with E-state index in [1.54, 1.807) is 37.3 Å². The molecule has 0 unspecified atom stereocenters. The zero-order valence-electron chi connectivity index (χ0n) is 14.8. The normalized spacial score (nSPS) is 16.7. The fraction of sp³-hybridized carbons (Fsp3) is 0.333. The second-order valence-electron chi connectivity index (χ2n) is 5.78. The van der Waals surface area contributed by atoms with E-state index in [1.807, 2.05) is 6.92 Å². The minimum Gasteiger partial charge on any atom is -0.461 e. The maximum Gasteiger partial charge on any atom is 0.326 e. The maximum absolute atomic E-state index is 12.4. The second kappa shape index (κ2) is 8.66. The van der Waals surface area contributed by atoms with Crippen LogP contribution in [0.25, 0.3) is 6.08 Å². The lowest BCUT2D eigenvalue weighted by atomic mass is 10.2. The molecule has 1 atom stereocenters. The standard InChI is InChI=1S/C18H20N2O5S/c1-4-11(2)25-16(22)10-20-17(23)15(26-18(20)24)9-13-5-7-14(8-6-13)19-12(3)21/h5-9,11H,4,10H2,1-3H3,(H,19,21)/b15-9-/t11-/m1/s1. The van der Waals surface area contributed by atoms with Gasteiger partial charge in [-0.1, -0.05) is 19.1 Å². The molecule has 2 rings (SSSR count). The second-order valence-corrected chi connectivity index (χ2v) is 6.77. The first kappa shape index (κ1) is 19.7. The summed E-state index contributed by atoms with van der Waals surface area (Å²) < 4.78 is 5.11. The Balaban J connectivity index is 2.06. The van der Waals surface area contributed by atoms with E-state index in [0.717, 1.165) is 16.7 Å². The molecule has 0 bridgehead atoms. The third-order valence-corrected chi connectivity index (χ3v) is 4.50. The van der Waals surface area contributed by atoms with Crippen LogP contribution >= 0.6 is 11.8 Å². The van der Waals surface area contributed by atoms with Gasteiger partial charge in [0.25, 0.3) is 11.1 Å². The van der Waals surface area contributed by atoms with Crippen LogP contribution in [-0.2, 0) is 19.1 Å². The van der Waals surface area contributed by atoms with E-state index >= 15 is 0 Å². The summed E-state index contributed by atoms with van der Waals surface area (Å²) in [6.07, 6.45) is 1.96. The van der Waals surface area contributed by atoms with Crippen LogP contribution in [0.5, 0.6) is 0 Å². The topological polar surface area (TPSA) is 92.8 Å². The highest BCUT2D eigenvalue weighted by atomic mass is 32.2. The number of nitrogens with one attached hydrogen (secondary N) is 1. The van der Waals surface area contributed by atoms with Gasteiger partial charge in [0.05, 0.1) is 11.0 Å². The first-order chi connectivity index (χ1) is 12.3. The van der Waals surface area contributed by atoms with E-state index in [4.69, 9.17) is 4.74 Å². The predicted octanol–water partition coefficient (Wildman–Crippen LogP) is 3.02. The summed E-state index contributed by atoms with van der Waals surface area (Å²) >= 11 is 0.779. The van der Waals surface area contributed by atoms with Crippen molar-refractivity contribution in [1.29, 1.82) is 0 Å². The van der Waals surface area contributed by atoms with Crippen LogP contribution in [0.4, 0.5) is 10.5 Å². The van der Waals surface area contributed by atoms with E-state index in [0.29, 0.717) is 17.7 Å². The van der Waals surface area contributed by atoms with Crippen LogP contribution in [0.15, 0.2) is 29.2 Å². The Hall–Kier alpha value is -2.61. The van der Waals surface area contributed by atoms with Gasteiger partial charge in [-0.25, -0.2) is 0 Å². The molecule has 1 heterocycles. The summed E-state index contributed by atoms with van der Waals surface area (Å²) in [5.74, 6) is -1.31. The Labute approximate surface area is 155 Å². The highest BCUT2D eigenvalue weighted by molar-refractivity contribution is 8.18. The molecule has 1 aliphatic rings. The Morgan fingerprint density at radius 1 is 1.27 bits per heavy atom. The first-order valence-corrected chi connectivity index (χ1v) is 8.94. The summed E-state index contributed by atoms with van der Waals surface area (Å²) in [7, 11) is 0. The number of nitrogens with zero attached hydrogens (tertiary/aromatic N) is 1. The van der Waals surface area contributed by atoms with Crippen molar-refractivity contribution in [3.05, 3.63) is 34.7 Å². The van der Waals surface area contributed by atoms with Crippen molar-refractivity contribution in [2.24, 2.45) is 0 Å². The van der Waals surface area contributed by atoms with Crippen molar-refractivity contribution in [3.8, 4) is 0 Å². The predicted molar refractivity (Wildman–Crippen MR) is 99.3 cm³/mol. The molecule has 1 saturated heterocycles. The number of carbonyl (C=O) groups is 4. The number of rotatable bonds is 6. The highest BCUT2D eigenvalue weighted by Crippen LogP contribution is 2.32. The molecule has 1 aromatic rings. The number of esters is 1. The maximum atomic E-state index is 12.4. The van der Waals surface area contributed by atoms with Gasteiger partial charge in [-0.15, -0.1) is 0 Å². The van der Waals surface area contributed by atoms with Gasteiger partial charge < -0.3 is 10.1 Å². The van der Waals surface area contributed by atoms with Gasteiger partial charge in [0.2, 0.25) is 5.91 Å². The molecule has 0 saturated carbocycles. The molecule has 26 heavy (non-hydrogen) atoms. The number of hydrogen-bond donors (Lipinski definition) is 1. The third kappa shape index (κ3) is 5.19. The number of amides is 3. The van der Waals surface area contributed by atoms with E-state index in [1.165, 1.54) is 6.92 Å². The molecule has 0 spiro atoms. The number of carbonyl (C=O) groups excluding carboxylic acids is 4. The molecule has 7 nitrogen and oxygen atoms in total. The fourth-order valence-electron chi connectivity index (χ4n) is 2.13. The van der Waals surface area contributed by atoms with E-state index < -0.39 is 23.7 Å². The molecule has 0 radical (unpaired) electrons. The van der Waals surface area contributed by atoms with Gasteiger partial charge in [-0.3, -0.25) is 24.1 Å². The van der Waals surface area contributed by atoms with E-state index in [-0.39, 0.29) is 16.9 Å². The smallest absolute Gasteiger partial charge is 0.326 e. The van der Waals surface area contributed by atoms with Gasteiger partial charge in [0.1, 0.15) is 6.54 Å². The van der Waals surface area contributed by atoms with Crippen molar-refractivity contribution in [2.45, 2.75) is 33.3 Å². The summed E-state index contributed by atoms with van der Waals surface area (Å²) in [5.41, 5.74) is 1.34. The van der Waals surface area contributed by atoms with Crippen LogP contribution in [0.2, 0.25) is 0 Å². The molecular weight excluding hydrogens is 356 g/mol. The molecule has 138 valence electrons. The van der Waals surface area contributed by atoms with Crippen LogP contribution in [0, 0.1) is 0 Å². The van der Waals surface area contributed by atoms with Crippen molar-refractivity contribution in [2.75, 3.05) is 11.9 Å². The summed E-state index contributed by atoms with van der Waals surface area (Å²) in [5, 5.41) is 2.14. The Kier molecular flexibility index (Phi) is 6.57. The molecule has 1 aliphatic heterocycles. The van der Waals surface area contributed by atoms with E-state index in [9.17, 15) is 19.2 Å². The lowest BCUT2D eigenvalue weighted by Crippen LogP contribution is -2.35. The van der Waals surface area contributed by atoms with Crippen LogP contribution in [0.3, 0.4) is 0 Å². The van der Waals surface area contributed by atoms with Gasteiger partial charge in [-0.05, 0) is 48.9 Å². The van der Waals surface area contributed by atoms with E-state index in [2.05, 4.69) is 5.32 Å². The lowest BCUT2D eigenvalue weighted by Gasteiger charge is -2.14. The SMILES string of the molecule is CC[C@@H](C)OC(=O)CN1C(=O)S/C(=C\c2ccc(NC(C)=O)cc2)C1=O. The summed E-state index contributed by atoms with van der Waals surface area (Å²) in [6, 6.07) is 6.83. The lowest BCUT2D eigenvalue weighted by molar-refractivity contribution is -0.150. The average Bonchev–Trinajstić information content (AvgIpc) is 2.83. The van der Waals surface area contributed by atoms with Gasteiger partial charge in [0.15, 0.2) is 0 Å². The zero-order chi connectivity index (χ0) is 19.3. The molecule has 1 fully saturated rings. The largest absolute Gasteiger partial charge is 0.461 e. The van der Waals surface area contributed by atoms with Gasteiger partial charge in [0, 0.05) is 12.6 Å². The molecule has 3 amide bonds. The van der Waals surface area contributed by atoms with Gasteiger partial charge in [-0.2, -0.15) is 0 Å². The van der Waals surface area contributed by atoms with Crippen molar-refractivity contribution in [1.82, 2.24) is 4.90 Å².